The Bertz CT molecular complexity index is 334. The monoisotopic (exact) mass is 192 g/mol. The summed E-state index contributed by atoms with van der Waals surface area (Å²) in [7, 11) is 0. The van der Waals surface area contributed by atoms with E-state index in [0.29, 0.717) is 12.1 Å². The summed E-state index contributed by atoms with van der Waals surface area (Å²) >= 11 is 0. The minimum atomic E-state index is -0.0307. The van der Waals surface area contributed by atoms with E-state index in [1.807, 2.05) is 32.9 Å². The lowest BCUT2D eigenvalue weighted by Crippen LogP contribution is -2.25. The van der Waals surface area contributed by atoms with Crippen molar-refractivity contribution in [2.75, 3.05) is 6.54 Å². The number of carbonyl (C=O) groups excluding carboxylic acids is 1. The first-order valence-corrected chi connectivity index (χ1v) is 4.87. The molecule has 14 heavy (non-hydrogen) atoms. The van der Waals surface area contributed by atoms with Gasteiger partial charge in [-0.3, -0.25) is 9.78 Å². The predicted molar refractivity (Wildman–Crippen MR) is 56.3 cm³/mol. The number of aromatic nitrogens is 1. The zero-order valence-corrected chi connectivity index (χ0v) is 8.92. The minimum Gasteiger partial charge on any atom is -0.352 e. The Morgan fingerprint density at radius 3 is 2.71 bits per heavy atom. The van der Waals surface area contributed by atoms with Gasteiger partial charge in [-0.1, -0.05) is 6.92 Å². The molecule has 0 saturated carbocycles. The van der Waals surface area contributed by atoms with Crippen molar-refractivity contribution in [1.29, 1.82) is 0 Å². The van der Waals surface area contributed by atoms with Gasteiger partial charge in [0.2, 0.25) is 0 Å². The zero-order chi connectivity index (χ0) is 10.6. The molecule has 0 saturated heterocycles. The molecule has 1 amide bonds. The Morgan fingerprint density at radius 1 is 1.43 bits per heavy atom. The second-order valence-corrected chi connectivity index (χ2v) is 3.34. The molecule has 0 spiro atoms. The van der Waals surface area contributed by atoms with Gasteiger partial charge in [0, 0.05) is 12.2 Å². The topological polar surface area (TPSA) is 42.0 Å². The van der Waals surface area contributed by atoms with E-state index in [9.17, 15) is 4.79 Å². The summed E-state index contributed by atoms with van der Waals surface area (Å²) in [6.45, 7) is 6.52. The number of carbonyl (C=O) groups is 1. The average Bonchev–Trinajstić information content (AvgIpc) is 2.14. The van der Waals surface area contributed by atoms with E-state index in [0.717, 1.165) is 17.8 Å². The van der Waals surface area contributed by atoms with Gasteiger partial charge in [0.05, 0.1) is 11.3 Å². The highest BCUT2D eigenvalue weighted by Gasteiger charge is 2.08. The summed E-state index contributed by atoms with van der Waals surface area (Å²) in [4.78, 5) is 15.8. The van der Waals surface area contributed by atoms with Crippen LogP contribution in [0.25, 0.3) is 0 Å². The number of nitrogens with zero attached hydrogens (tertiary/aromatic N) is 1. The van der Waals surface area contributed by atoms with E-state index in [4.69, 9.17) is 0 Å². The van der Waals surface area contributed by atoms with Crippen molar-refractivity contribution < 1.29 is 4.79 Å². The molecule has 1 heterocycles. The highest BCUT2D eigenvalue weighted by Crippen LogP contribution is 2.05. The normalized spacial score (nSPS) is 9.93. The van der Waals surface area contributed by atoms with Crippen molar-refractivity contribution in [3.8, 4) is 0 Å². The highest BCUT2D eigenvalue weighted by molar-refractivity contribution is 5.95. The lowest BCUT2D eigenvalue weighted by molar-refractivity contribution is 0.0952. The number of amides is 1. The van der Waals surface area contributed by atoms with Crippen LogP contribution in [-0.2, 0) is 0 Å². The molecular weight excluding hydrogens is 176 g/mol. The first-order valence-electron chi connectivity index (χ1n) is 4.87. The molecule has 0 radical (unpaired) electrons. The Balaban J connectivity index is 2.80. The van der Waals surface area contributed by atoms with Crippen LogP contribution in [0.15, 0.2) is 12.1 Å². The molecule has 0 bridgehead atoms. The van der Waals surface area contributed by atoms with Gasteiger partial charge in [0.1, 0.15) is 0 Å². The van der Waals surface area contributed by atoms with Crippen molar-refractivity contribution >= 4 is 5.91 Å². The number of rotatable bonds is 3. The standard InChI is InChI=1S/C11H16N2O/c1-4-7-12-11(14)10-6-5-8(2)13-9(10)3/h5-6H,4,7H2,1-3H3,(H,12,14). The molecule has 3 heteroatoms. The predicted octanol–water partition coefficient (Wildman–Crippen LogP) is 1.84. The molecule has 1 aromatic rings. The molecule has 0 aromatic carbocycles. The highest BCUT2D eigenvalue weighted by atomic mass is 16.1. The fourth-order valence-electron chi connectivity index (χ4n) is 1.26. The van der Waals surface area contributed by atoms with Crippen LogP contribution in [0.3, 0.4) is 0 Å². The van der Waals surface area contributed by atoms with Crippen molar-refractivity contribution in [3.63, 3.8) is 0 Å². The first-order chi connectivity index (χ1) is 6.65. The number of hydrogen-bond acceptors (Lipinski definition) is 2. The van der Waals surface area contributed by atoms with Crippen LogP contribution >= 0.6 is 0 Å². The van der Waals surface area contributed by atoms with Crippen molar-refractivity contribution in [3.05, 3.63) is 29.1 Å². The SMILES string of the molecule is CCCNC(=O)c1ccc(C)nc1C. The van der Waals surface area contributed by atoms with Crippen LogP contribution in [0.1, 0.15) is 35.1 Å². The van der Waals surface area contributed by atoms with E-state index in [1.165, 1.54) is 0 Å². The summed E-state index contributed by atoms with van der Waals surface area (Å²) in [5.74, 6) is -0.0307. The van der Waals surface area contributed by atoms with Crippen molar-refractivity contribution in [1.82, 2.24) is 10.3 Å². The van der Waals surface area contributed by atoms with Crippen LogP contribution < -0.4 is 5.32 Å². The Labute approximate surface area is 84.6 Å². The fourth-order valence-corrected chi connectivity index (χ4v) is 1.26. The van der Waals surface area contributed by atoms with Crippen molar-refractivity contribution in [2.24, 2.45) is 0 Å². The number of nitrogens with one attached hydrogen (secondary N) is 1. The Morgan fingerprint density at radius 2 is 2.14 bits per heavy atom. The maximum absolute atomic E-state index is 11.6. The molecule has 0 fully saturated rings. The van der Waals surface area contributed by atoms with Crippen LogP contribution in [0.2, 0.25) is 0 Å². The maximum Gasteiger partial charge on any atom is 0.253 e. The minimum absolute atomic E-state index is 0.0307. The fraction of sp³-hybridized carbons (Fsp3) is 0.455. The molecular formula is C11H16N2O. The van der Waals surface area contributed by atoms with E-state index in [1.54, 1.807) is 0 Å². The van der Waals surface area contributed by atoms with Crippen LogP contribution in [0.5, 0.6) is 0 Å². The molecule has 0 unspecified atom stereocenters. The van der Waals surface area contributed by atoms with Crippen LogP contribution in [-0.4, -0.2) is 17.4 Å². The average molecular weight is 192 g/mol. The number of aryl methyl sites for hydroxylation is 2. The third-order valence-corrected chi connectivity index (χ3v) is 2.01. The Kier molecular flexibility index (Phi) is 3.63. The Hall–Kier alpha value is -1.38. The van der Waals surface area contributed by atoms with Gasteiger partial charge in [0.15, 0.2) is 0 Å². The molecule has 1 aromatic heterocycles. The molecule has 76 valence electrons. The van der Waals surface area contributed by atoms with E-state index < -0.39 is 0 Å². The van der Waals surface area contributed by atoms with Gasteiger partial charge in [-0.2, -0.15) is 0 Å². The molecule has 3 nitrogen and oxygen atoms in total. The third-order valence-electron chi connectivity index (χ3n) is 2.01. The molecule has 1 rings (SSSR count). The largest absolute Gasteiger partial charge is 0.352 e. The smallest absolute Gasteiger partial charge is 0.253 e. The maximum atomic E-state index is 11.6. The van der Waals surface area contributed by atoms with Crippen molar-refractivity contribution in [2.45, 2.75) is 27.2 Å². The third kappa shape index (κ3) is 2.55. The van der Waals surface area contributed by atoms with Gasteiger partial charge < -0.3 is 5.32 Å². The van der Waals surface area contributed by atoms with Gasteiger partial charge >= 0.3 is 0 Å². The second kappa shape index (κ2) is 4.74. The van der Waals surface area contributed by atoms with E-state index in [2.05, 4.69) is 10.3 Å². The molecule has 1 N–H and O–H groups in total. The van der Waals surface area contributed by atoms with Crippen LogP contribution in [0, 0.1) is 13.8 Å². The summed E-state index contributed by atoms with van der Waals surface area (Å²) in [6.07, 6.45) is 0.948. The lowest BCUT2D eigenvalue weighted by atomic mass is 10.1. The van der Waals surface area contributed by atoms with Crippen LogP contribution in [0.4, 0.5) is 0 Å². The van der Waals surface area contributed by atoms with Gasteiger partial charge in [-0.05, 0) is 32.4 Å². The van der Waals surface area contributed by atoms with E-state index in [-0.39, 0.29) is 5.91 Å². The summed E-state index contributed by atoms with van der Waals surface area (Å²) in [5.41, 5.74) is 2.40. The summed E-state index contributed by atoms with van der Waals surface area (Å²) < 4.78 is 0. The molecule has 0 atom stereocenters. The van der Waals surface area contributed by atoms with Gasteiger partial charge in [-0.25, -0.2) is 0 Å². The number of hydrogen-bond donors (Lipinski definition) is 1. The lowest BCUT2D eigenvalue weighted by Gasteiger charge is -2.06. The van der Waals surface area contributed by atoms with Gasteiger partial charge in [0.25, 0.3) is 5.91 Å². The van der Waals surface area contributed by atoms with Gasteiger partial charge in [-0.15, -0.1) is 0 Å². The quantitative estimate of drug-likeness (QED) is 0.794. The summed E-state index contributed by atoms with van der Waals surface area (Å²) in [6, 6.07) is 3.68. The number of pyridine rings is 1. The zero-order valence-electron chi connectivity index (χ0n) is 8.92. The molecule has 0 aliphatic rings. The second-order valence-electron chi connectivity index (χ2n) is 3.34. The van der Waals surface area contributed by atoms with E-state index >= 15 is 0 Å². The molecule has 0 aliphatic heterocycles. The first kappa shape index (κ1) is 10.7. The summed E-state index contributed by atoms with van der Waals surface area (Å²) in [5, 5.41) is 2.83. The molecule has 0 aliphatic carbocycles.